The second-order valence-electron chi connectivity index (χ2n) is 14.9. The van der Waals surface area contributed by atoms with E-state index in [9.17, 15) is 9.90 Å². The molecule has 2 nitrogen and oxygen atoms in total. The SMILES string of the molecule is CC1(C)CCC2(CO)CC=C3C(C)(CCC4C3(C)CCC3C(C)(C)C(=O)CCC34C)C2C1. The monoisotopic (exact) mass is 440 g/mol. The molecule has 5 aliphatic rings. The fourth-order valence-corrected chi connectivity index (χ4v) is 10.7. The van der Waals surface area contributed by atoms with Gasteiger partial charge >= 0.3 is 0 Å². The molecule has 32 heavy (non-hydrogen) atoms. The summed E-state index contributed by atoms with van der Waals surface area (Å²) in [6, 6.07) is 0. The summed E-state index contributed by atoms with van der Waals surface area (Å²) in [6.07, 6.45) is 14.2. The maximum atomic E-state index is 12.9. The van der Waals surface area contributed by atoms with Crippen LogP contribution in [0.4, 0.5) is 0 Å². The van der Waals surface area contributed by atoms with Gasteiger partial charge in [-0.2, -0.15) is 0 Å². The number of aliphatic hydroxyl groups excluding tert-OH is 1. The highest BCUT2D eigenvalue weighted by atomic mass is 16.3. The lowest BCUT2D eigenvalue weighted by Gasteiger charge is -2.69. The van der Waals surface area contributed by atoms with Gasteiger partial charge in [0, 0.05) is 23.9 Å². The minimum absolute atomic E-state index is 0.0946. The number of ketones is 1. The van der Waals surface area contributed by atoms with E-state index in [2.05, 4.69) is 54.5 Å². The van der Waals surface area contributed by atoms with E-state index in [0.717, 1.165) is 19.3 Å². The van der Waals surface area contributed by atoms with Gasteiger partial charge in [0.1, 0.15) is 5.78 Å². The van der Waals surface area contributed by atoms with Crippen LogP contribution in [0.2, 0.25) is 0 Å². The second kappa shape index (κ2) is 6.73. The number of rotatable bonds is 1. The average Bonchev–Trinajstić information content (AvgIpc) is 2.71. The Hall–Kier alpha value is -0.630. The molecule has 0 bridgehead atoms. The quantitative estimate of drug-likeness (QED) is 0.433. The van der Waals surface area contributed by atoms with Gasteiger partial charge in [0.05, 0.1) is 0 Å². The number of fused-ring (bicyclic) bond motifs is 7. The molecule has 0 aliphatic heterocycles. The molecule has 0 aromatic heterocycles. The fourth-order valence-electron chi connectivity index (χ4n) is 10.7. The number of Topliss-reactive ketones (excluding diaryl/α,β-unsaturated/α-hetero) is 1. The van der Waals surface area contributed by atoms with E-state index in [1.54, 1.807) is 5.57 Å². The van der Waals surface area contributed by atoms with Crippen molar-refractivity contribution in [3.8, 4) is 0 Å². The molecule has 5 aliphatic carbocycles. The molecular weight excluding hydrogens is 392 g/mol. The molecule has 7 atom stereocenters. The summed E-state index contributed by atoms with van der Waals surface area (Å²) in [4.78, 5) is 12.9. The second-order valence-corrected chi connectivity index (χ2v) is 14.9. The first-order valence-electron chi connectivity index (χ1n) is 13.6. The van der Waals surface area contributed by atoms with Crippen molar-refractivity contribution in [2.24, 2.45) is 50.2 Å². The molecule has 0 aromatic rings. The van der Waals surface area contributed by atoms with Crippen molar-refractivity contribution in [2.75, 3.05) is 6.61 Å². The zero-order valence-electron chi connectivity index (χ0n) is 21.9. The molecule has 4 fully saturated rings. The minimum Gasteiger partial charge on any atom is -0.396 e. The Balaban J connectivity index is 1.57. The predicted molar refractivity (Wildman–Crippen MR) is 131 cm³/mol. The van der Waals surface area contributed by atoms with Crippen molar-refractivity contribution in [2.45, 2.75) is 113 Å². The third-order valence-corrected chi connectivity index (χ3v) is 12.6. The molecule has 7 unspecified atom stereocenters. The summed E-state index contributed by atoms with van der Waals surface area (Å²) >= 11 is 0. The minimum atomic E-state index is -0.171. The van der Waals surface area contributed by atoms with Crippen molar-refractivity contribution in [3.05, 3.63) is 11.6 Å². The van der Waals surface area contributed by atoms with Gasteiger partial charge in [0.25, 0.3) is 0 Å². The van der Waals surface area contributed by atoms with Crippen LogP contribution in [0.15, 0.2) is 11.6 Å². The number of allylic oxidation sites excluding steroid dienone is 2. The number of hydrogen-bond acceptors (Lipinski definition) is 2. The summed E-state index contributed by atoms with van der Waals surface area (Å²) in [7, 11) is 0. The third kappa shape index (κ3) is 2.77. The zero-order valence-corrected chi connectivity index (χ0v) is 21.9. The van der Waals surface area contributed by atoms with E-state index < -0.39 is 0 Å². The van der Waals surface area contributed by atoms with Crippen LogP contribution in [0.1, 0.15) is 113 Å². The number of hydrogen-bond donors (Lipinski definition) is 1. The van der Waals surface area contributed by atoms with Crippen LogP contribution in [0, 0.1) is 50.2 Å². The lowest BCUT2D eigenvalue weighted by atomic mass is 9.35. The van der Waals surface area contributed by atoms with Crippen molar-refractivity contribution >= 4 is 5.78 Å². The summed E-state index contributed by atoms with van der Waals surface area (Å²) in [5.74, 6) is 2.29. The number of carbonyl (C=O) groups is 1. The Labute approximate surface area is 197 Å². The molecule has 2 heteroatoms. The lowest BCUT2D eigenvalue weighted by Crippen LogP contribution is -2.63. The molecular formula is C30H48O2. The van der Waals surface area contributed by atoms with Gasteiger partial charge in [-0.05, 0) is 97.2 Å². The van der Waals surface area contributed by atoms with Crippen LogP contribution in [-0.4, -0.2) is 17.5 Å². The van der Waals surface area contributed by atoms with Crippen molar-refractivity contribution in [3.63, 3.8) is 0 Å². The van der Waals surface area contributed by atoms with Crippen molar-refractivity contribution in [1.29, 1.82) is 0 Å². The molecule has 180 valence electrons. The van der Waals surface area contributed by atoms with E-state index in [0.29, 0.717) is 35.6 Å². The van der Waals surface area contributed by atoms with E-state index in [-0.39, 0.29) is 27.1 Å². The summed E-state index contributed by atoms with van der Waals surface area (Å²) in [5.41, 5.74) is 2.79. The van der Waals surface area contributed by atoms with Gasteiger partial charge in [0.15, 0.2) is 0 Å². The highest BCUT2D eigenvalue weighted by molar-refractivity contribution is 5.85. The smallest absolute Gasteiger partial charge is 0.138 e. The molecule has 0 heterocycles. The molecule has 0 radical (unpaired) electrons. The maximum Gasteiger partial charge on any atom is 0.138 e. The Morgan fingerprint density at radius 1 is 0.844 bits per heavy atom. The standard InChI is InChI=1S/C30H48O2/c1-25(2)16-17-30(19-31)15-10-22-28(6)12-8-20-26(3,4)24(32)11-14-27(20,5)21(28)9-13-29(22,7)23(30)18-25/h10,20-21,23,31H,8-9,11-19H2,1-7H3. The van der Waals surface area contributed by atoms with E-state index in [1.807, 2.05) is 0 Å². The lowest BCUT2D eigenvalue weighted by molar-refractivity contribution is -0.171. The molecule has 0 aromatic carbocycles. The highest BCUT2D eigenvalue weighted by Crippen LogP contribution is 2.74. The van der Waals surface area contributed by atoms with Crippen molar-refractivity contribution in [1.82, 2.24) is 0 Å². The molecule has 4 saturated carbocycles. The Morgan fingerprint density at radius 3 is 2.12 bits per heavy atom. The molecule has 0 saturated heterocycles. The Bertz CT molecular complexity index is 851. The first-order valence-corrected chi connectivity index (χ1v) is 13.6. The van der Waals surface area contributed by atoms with Crippen molar-refractivity contribution < 1.29 is 9.90 Å². The largest absolute Gasteiger partial charge is 0.396 e. The molecule has 0 amide bonds. The fraction of sp³-hybridized carbons (Fsp3) is 0.900. The number of aliphatic hydroxyl groups is 1. The van der Waals surface area contributed by atoms with Gasteiger partial charge in [-0.1, -0.05) is 60.1 Å². The van der Waals surface area contributed by atoms with Crippen LogP contribution in [0.3, 0.4) is 0 Å². The van der Waals surface area contributed by atoms with Gasteiger partial charge in [0.2, 0.25) is 0 Å². The molecule has 0 spiro atoms. The Morgan fingerprint density at radius 2 is 1.47 bits per heavy atom. The first-order chi connectivity index (χ1) is 14.8. The van der Waals surface area contributed by atoms with Gasteiger partial charge in [-0.3, -0.25) is 4.79 Å². The van der Waals surface area contributed by atoms with Crippen LogP contribution in [-0.2, 0) is 4.79 Å². The van der Waals surface area contributed by atoms with E-state index >= 15 is 0 Å². The van der Waals surface area contributed by atoms with E-state index in [4.69, 9.17) is 0 Å². The van der Waals surface area contributed by atoms with Gasteiger partial charge in [-0.15, -0.1) is 0 Å². The van der Waals surface area contributed by atoms with E-state index in [1.165, 1.54) is 44.9 Å². The first kappa shape index (κ1) is 23.1. The Kier molecular flexibility index (Phi) is 4.87. The average molecular weight is 441 g/mol. The molecule has 1 N–H and O–H groups in total. The summed E-state index contributed by atoms with van der Waals surface area (Å²) in [5, 5.41) is 10.7. The maximum absolute atomic E-state index is 12.9. The van der Waals surface area contributed by atoms with Gasteiger partial charge in [-0.25, -0.2) is 0 Å². The third-order valence-electron chi connectivity index (χ3n) is 12.6. The number of carbonyl (C=O) groups excluding carboxylic acids is 1. The normalized spacial score (nSPS) is 51.6. The van der Waals surface area contributed by atoms with Gasteiger partial charge < -0.3 is 5.11 Å². The van der Waals surface area contributed by atoms with Crippen LogP contribution >= 0.6 is 0 Å². The van der Waals surface area contributed by atoms with Crippen LogP contribution in [0.5, 0.6) is 0 Å². The predicted octanol–water partition coefficient (Wildman–Crippen LogP) is 7.35. The van der Waals surface area contributed by atoms with Crippen LogP contribution < -0.4 is 0 Å². The topological polar surface area (TPSA) is 37.3 Å². The summed E-state index contributed by atoms with van der Waals surface area (Å²) in [6.45, 7) is 17.5. The zero-order chi connectivity index (χ0) is 23.4. The highest BCUT2D eigenvalue weighted by Gasteiger charge is 2.67. The summed E-state index contributed by atoms with van der Waals surface area (Å²) < 4.78 is 0. The van der Waals surface area contributed by atoms with Crippen LogP contribution in [0.25, 0.3) is 0 Å². The molecule has 5 rings (SSSR count).